The van der Waals surface area contributed by atoms with Gasteiger partial charge in [0.05, 0.1) is 19.8 Å². The SMILES string of the molecule is CCNC(=NCC1(CCO)CCOC1)NCCOCC1CC1. The summed E-state index contributed by atoms with van der Waals surface area (Å²) in [4.78, 5) is 4.68. The van der Waals surface area contributed by atoms with Gasteiger partial charge in [-0.05, 0) is 38.5 Å². The topological polar surface area (TPSA) is 75.1 Å². The number of rotatable bonds is 10. The summed E-state index contributed by atoms with van der Waals surface area (Å²) in [6, 6.07) is 0. The van der Waals surface area contributed by atoms with Crippen molar-refractivity contribution in [3.63, 3.8) is 0 Å². The molecule has 3 N–H and O–H groups in total. The minimum atomic E-state index is -0.000422. The van der Waals surface area contributed by atoms with Crippen molar-refractivity contribution in [3.8, 4) is 0 Å². The highest BCUT2D eigenvalue weighted by molar-refractivity contribution is 5.79. The molecule has 0 aromatic heterocycles. The third kappa shape index (κ3) is 6.10. The third-order valence-corrected chi connectivity index (χ3v) is 4.33. The number of aliphatic hydroxyl groups excluding tert-OH is 1. The number of nitrogens with one attached hydrogen (secondary N) is 2. The van der Waals surface area contributed by atoms with Gasteiger partial charge >= 0.3 is 0 Å². The van der Waals surface area contributed by atoms with Gasteiger partial charge in [0.2, 0.25) is 0 Å². The first-order valence-electron chi connectivity index (χ1n) is 8.56. The summed E-state index contributed by atoms with van der Waals surface area (Å²) in [5, 5.41) is 15.8. The molecule has 128 valence electrons. The predicted octanol–water partition coefficient (Wildman–Crippen LogP) is 0.757. The Bertz CT molecular complexity index is 340. The Hall–Kier alpha value is -0.850. The lowest BCUT2D eigenvalue weighted by molar-refractivity contribution is 0.128. The van der Waals surface area contributed by atoms with E-state index >= 15 is 0 Å². The smallest absolute Gasteiger partial charge is 0.191 e. The molecule has 0 spiro atoms. The first-order chi connectivity index (χ1) is 10.8. The second-order valence-corrected chi connectivity index (χ2v) is 6.42. The lowest BCUT2D eigenvalue weighted by Crippen LogP contribution is -2.40. The van der Waals surface area contributed by atoms with Crippen LogP contribution in [0.1, 0.15) is 32.6 Å². The summed E-state index contributed by atoms with van der Waals surface area (Å²) in [5.41, 5.74) is -0.000422. The molecule has 0 amide bonds. The van der Waals surface area contributed by atoms with Crippen LogP contribution in [0.25, 0.3) is 0 Å². The van der Waals surface area contributed by atoms with Crippen molar-refractivity contribution in [1.82, 2.24) is 10.6 Å². The molecule has 0 bridgehead atoms. The van der Waals surface area contributed by atoms with Crippen molar-refractivity contribution >= 4 is 5.96 Å². The molecule has 1 saturated heterocycles. The van der Waals surface area contributed by atoms with Crippen molar-refractivity contribution in [2.45, 2.75) is 32.6 Å². The van der Waals surface area contributed by atoms with Crippen molar-refractivity contribution in [3.05, 3.63) is 0 Å². The molecule has 0 aromatic carbocycles. The van der Waals surface area contributed by atoms with Crippen molar-refractivity contribution in [1.29, 1.82) is 0 Å². The predicted molar refractivity (Wildman–Crippen MR) is 87.1 cm³/mol. The minimum absolute atomic E-state index is 0.000422. The standard InChI is InChI=1S/C16H31N3O3/c1-2-17-15(18-7-10-21-11-14-3-4-14)19-12-16(5-8-20)6-9-22-13-16/h14,20H,2-13H2,1H3,(H2,17,18,19). The van der Waals surface area contributed by atoms with E-state index in [4.69, 9.17) is 9.47 Å². The van der Waals surface area contributed by atoms with Crippen LogP contribution in [0.5, 0.6) is 0 Å². The van der Waals surface area contributed by atoms with E-state index in [2.05, 4.69) is 22.5 Å². The highest BCUT2D eigenvalue weighted by atomic mass is 16.5. The molecular formula is C16H31N3O3. The molecular weight excluding hydrogens is 282 g/mol. The van der Waals surface area contributed by atoms with Crippen LogP contribution in [0.2, 0.25) is 0 Å². The normalized spacial score (nSPS) is 25.5. The average molecular weight is 313 g/mol. The summed E-state index contributed by atoms with van der Waals surface area (Å²) in [6.45, 7) is 7.61. The molecule has 0 aromatic rings. The number of hydrogen-bond acceptors (Lipinski definition) is 4. The van der Waals surface area contributed by atoms with Gasteiger partial charge in [-0.15, -0.1) is 0 Å². The van der Waals surface area contributed by atoms with Gasteiger partial charge in [0.25, 0.3) is 0 Å². The van der Waals surface area contributed by atoms with E-state index in [9.17, 15) is 5.11 Å². The molecule has 6 nitrogen and oxygen atoms in total. The maximum Gasteiger partial charge on any atom is 0.191 e. The zero-order valence-electron chi connectivity index (χ0n) is 13.8. The molecule has 2 aliphatic rings. The van der Waals surface area contributed by atoms with E-state index in [1.165, 1.54) is 12.8 Å². The molecule has 1 saturated carbocycles. The average Bonchev–Trinajstić information content (AvgIpc) is 3.23. The van der Waals surface area contributed by atoms with E-state index < -0.39 is 0 Å². The van der Waals surface area contributed by atoms with E-state index in [1.54, 1.807) is 0 Å². The van der Waals surface area contributed by atoms with Gasteiger partial charge in [-0.2, -0.15) is 0 Å². The number of aliphatic imine (C=N–C) groups is 1. The first-order valence-corrected chi connectivity index (χ1v) is 8.56. The molecule has 1 heterocycles. The molecule has 1 aliphatic carbocycles. The number of aliphatic hydroxyl groups is 1. The minimum Gasteiger partial charge on any atom is -0.396 e. The molecule has 2 rings (SSSR count). The third-order valence-electron chi connectivity index (χ3n) is 4.33. The van der Waals surface area contributed by atoms with Crippen LogP contribution in [-0.4, -0.2) is 63.7 Å². The summed E-state index contributed by atoms with van der Waals surface area (Å²) < 4.78 is 11.1. The van der Waals surface area contributed by atoms with E-state index in [-0.39, 0.29) is 12.0 Å². The second-order valence-electron chi connectivity index (χ2n) is 6.42. The Morgan fingerprint density at radius 1 is 1.41 bits per heavy atom. The summed E-state index contributed by atoms with van der Waals surface area (Å²) >= 11 is 0. The first kappa shape index (κ1) is 17.5. The second kappa shape index (κ2) is 9.33. The Labute approximate surface area is 133 Å². The molecule has 1 aliphatic heterocycles. The van der Waals surface area contributed by atoms with Crippen LogP contribution in [0.15, 0.2) is 4.99 Å². The van der Waals surface area contributed by atoms with Crippen LogP contribution < -0.4 is 10.6 Å². The van der Waals surface area contributed by atoms with Crippen molar-refractivity contribution < 1.29 is 14.6 Å². The maximum absolute atomic E-state index is 9.26. The summed E-state index contributed by atoms with van der Waals surface area (Å²) in [5.74, 6) is 1.63. The monoisotopic (exact) mass is 313 g/mol. The van der Waals surface area contributed by atoms with E-state index in [0.29, 0.717) is 19.8 Å². The quantitative estimate of drug-likeness (QED) is 0.315. The number of hydrogen-bond donors (Lipinski definition) is 3. The van der Waals surface area contributed by atoms with Gasteiger partial charge in [0.1, 0.15) is 0 Å². The van der Waals surface area contributed by atoms with Crippen LogP contribution in [-0.2, 0) is 9.47 Å². The van der Waals surface area contributed by atoms with Crippen LogP contribution in [0, 0.1) is 11.3 Å². The Morgan fingerprint density at radius 2 is 2.27 bits per heavy atom. The number of ether oxygens (including phenoxy) is 2. The maximum atomic E-state index is 9.26. The van der Waals surface area contributed by atoms with Crippen LogP contribution in [0.4, 0.5) is 0 Å². The van der Waals surface area contributed by atoms with E-state index in [1.807, 2.05) is 0 Å². The highest BCUT2D eigenvalue weighted by Gasteiger charge is 2.34. The Balaban J connectivity index is 1.72. The molecule has 1 unspecified atom stereocenters. The van der Waals surface area contributed by atoms with Gasteiger partial charge in [-0.1, -0.05) is 0 Å². The van der Waals surface area contributed by atoms with Gasteiger partial charge in [-0.3, -0.25) is 4.99 Å². The molecule has 6 heteroatoms. The lowest BCUT2D eigenvalue weighted by atomic mass is 9.84. The van der Waals surface area contributed by atoms with Crippen molar-refractivity contribution in [2.24, 2.45) is 16.3 Å². The van der Waals surface area contributed by atoms with Crippen molar-refractivity contribution in [2.75, 3.05) is 52.7 Å². The Kier molecular flexibility index (Phi) is 7.42. The largest absolute Gasteiger partial charge is 0.396 e. The fourth-order valence-corrected chi connectivity index (χ4v) is 2.65. The van der Waals surface area contributed by atoms with Crippen LogP contribution in [0.3, 0.4) is 0 Å². The number of guanidine groups is 1. The summed E-state index contributed by atoms with van der Waals surface area (Å²) in [7, 11) is 0. The van der Waals surface area contributed by atoms with Gasteiger partial charge in [0, 0.05) is 38.3 Å². The fourth-order valence-electron chi connectivity index (χ4n) is 2.65. The molecule has 2 fully saturated rings. The Morgan fingerprint density at radius 3 is 2.91 bits per heavy atom. The molecule has 1 atom stereocenters. The lowest BCUT2D eigenvalue weighted by Gasteiger charge is -2.24. The highest BCUT2D eigenvalue weighted by Crippen LogP contribution is 2.32. The van der Waals surface area contributed by atoms with E-state index in [0.717, 1.165) is 51.0 Å². The molecule has 22 heavy (non-hydrogen) atoms. The number of nitrogens with zero attached hydrogens (tertiary/aromatic N) is 1. The van der Waals surface area contributed by atoms with Crippen LogP contribution >= 0.6 is 0 Å². The molecule has 0 radical (unpaired) electrons. The van der Waals surface area contributed by atoms with Gasteiger partial charge in [-0.25, -0.2) is 0 Å². The fraction of sp³-hybridized carbons (Fsp3) is 0.938. The van der Waals surface area contributed by atoms with Gasteiger partial charge in [0.15, 0.2) is 5.96 Å². The zero-order valence-corrected chi connectivity index (χ0v) is 13.8. The summed E-state index contributed by atoms with van der Waals surface area (Å²) in [6.07, 6.45) is 4.38. The zero-order chi connectivity index (χ0) is 15.7. The van der Waals surface area contributed by atoms with Gasteiger partial charge < -0.3 is 25.2 Å².